The van der Waals surface area contributed by atoms with Crippen LogP contribution in [0.3, 0.4) is 0 Å². The summed E-state index contributed by atoms with van der Waals surface area (Å²) in [4.78, 5) is 2.20. The molecule has 0 radical (unpaired) electrons. The first-order valence-electron chi connectivity index (χ1n) is 12.3. The van der Waals surface area contributed by atoms with Crippen LogP contribution in [0.5, 0.6) is 11.5 Å². The second kappa shape index (κ2) is 9.52. The monoisotopic (exact) mass is 448 g/mol. The number of hydrogen-bond acceptors (Lipinski definition) is 4. The molecule has 0 saturated carbocycles. The van der Waals surface area contributed by atoms with Crippen LogP contribution in [0.25, 0.3) is 0 Å². The molecular weight excluding hydrogens is 408 g/mol. The Bertz CT molecular complexity index is 1020. The molecule has 0 saturated heterocycles. The molecule has 33 heavy (non-hydrogen) atoms. The average molecular weight is 449 g/mol. The third kappa shape index (κ3) is 4.97. The molecular formula is C29H40N2O2. The number of likely N-dealkylation sites (N-methyl/N-ethyl adjacent to an activating group) is 2. The van der Waals surface area contributed by atoms with Crippen molar-refractivity contribution in [2.24, 2.45) is 5.92 Å². The molecule has 0 fully saturated rings. The van der Waals surface area contributed by atoms with Crippen molar-refractivity contribution >= 4 is 0 Å². The molecule has 2 aromatic rings. The van der Waals surface area contributed by atoms with Crippen LogP contribution < -0.4 is 10.1 Å². The van der Waals surface area contributed by atoms with Crippen LogP contribution in [0.4, 0.5) is 0 Å². The van der Waals surface area contributed by atoms with Gasteiger partial charge in [0.25, 0.3) is 0 Å². The molecule has 0 aromatic heterocycles. The van der Waals surface area contributed by atoms with Gasteiger partial charge in [-0.25, -0.2) is 0 Å². The lowest BCUT2D eigenvalue weighted by atomic mass is 9.61. The van der Waals surface area contributed by atoms with E-state index >= 15 is 0 Å². The molecule has 2 aliphatic rings. The fourth-order valence-electron chi connectivity index (χ4n) is 5.84. The number of nitrogens with zero attached hydrogens (tertiary/aromatic N) is 1. The van der Waals surface area contributed by atoms with Crippen molar-refractivity contribution in [1.29, 1.82) is 0 Å². The fraction of sp³-hybridized carbons (Fsp3) is 0.517. The summed E-state index contributed by atoms with van der Waals surface area (Å²) in [5, 5.41) is 14.2. The largest absolute Gasteiger partial charge is 0.508 e. The summed E-state index contributed by atoms with van der Waals surface area (Å²) in [6.07, 6.45) is 5.41. The first-order valence-corrected chi connectivity index (χ1v) is 12.3. The Morgan fingerprint density at radius 1 is 1.06 bits per heavy atom. The molecule has 1 aliphatic carbocycles. The highest BCUT2D eigenvalue weighted by molar-refractivity contribution is 5.49. The van der Waals surface area contributed by atoms with E-state index in [0.29, 0.717) is 11.7 Å². The van der Waals surface area contributed by atoms with Crippen molar-refractivity contribution in [3.63, 3.8) is 0 Å². The van der Waals surface area contributed by atoms with E-state index < -0.39 is 0 Å². The third-order valence-corrected chi connectivity index (χ3v) is 7.44. The summed E-state index contributed by atoms with van der Waals surface area (Å²) in [5.41, 5.74) is 6.04. The Kier molecular flexibility index (Phi) is 6.88. The standard InChI is InChI=1S/C29H40N2O2/c1-19-15-24(22-17-21(7-9-26(22)32)12-14-31(5)6)28-25(16-19)23-18-20(11-13-30-4)8-10-27(23)33-29(28,2)3/h7-10,15,17-18,24-25,28,30,32H,11-14,16H2,1-6H3/t24?,25-,28+/m0/s1. The van der Waals surface area contributed by atoms with Crippen molar-refractivity contribution < 1.29 is 9.84 Å². The number of hydrogen-bond donors (Lipinski definition) is 2. The highest BCUT2D eigenvalue weighted by Gasteiger charge is 2.49. The van der Waals surface area contributed by atoms with Gasteiger partial charge in [-0.3, -0.25) is 0 Å². The Balaban J connectivity index is 1.75. The number of phenolic OH excluding ortho intramolecular Hbond substituents is 1. The van der Waals surface area contributed by atoms with Crippen LogP contribution in [0.15, 0.2) is 48.0 Å². The van der Waals surface area contributed by atoms with Gasteiger partial charge in [0.1, 0.15) is 17.1 Å². The second-order valence-electron chi connectivity index (χ2n) is 10.8. The molecule has 1 aliphatic heterocycles. The number of fused-ring (bicyclic) bond motifs is 3. The molecule has 1 heterocycles. The van der Waals surface area contributed by atoms with Gasteiger partial charge in [0, 0.05) is 23.9 Å². The van der Waals surface area contributed by atoms with Crippen LogP contribution in [-0.2, 0) is 12.8 Å². The minimum Gasteiger partial charge on any atom is -0.508 e. The minimum absolute atomic E-state index is 0.118. The van der Waals surface area contributed by atoms with E-state index in [1.807, 2.05) is 13.1 Å². The maximum absolute atomic E-state index is 11.0. The van der Waals surface area contributed by atoms with Crippen LogP contribution in [-0.4, -0.2) is 49.8 Å². The summed E-state index contributed by atoms with van der Waals surface area (Å²) < 4.78 is 6.65. The van der Waals surface area contributed by atoms with Gasteiger partial charge in [0.2, 0.25) is 0 Å². The van der Waals surface area contributed by atoms with Crippen molar-refractivity contribution in [1.82, 2.24) is 10.2 Å². The van der Waals surface area contributed by atoms with Crippen molar-refractivity contribution in [2.45, 2.75) is 57.5 Å². The number of nitrogens with one attached hydrogen (secondary N) is 1. The predicted molar refractivity (Wildman–Crippen MR) is 136 cm³/mol. The van der Waals surface area contributed by atoms with E-state index in [2.05, 4.69) is 81.5 Å². The second-order valence-corrected chi connectivity index (χ2v) is 10.8. The van der Waals surface area contributed by atoms with Crippen molar-refractivity contribution in [3.8, 4) is 11.5 Å². The molecule has 0 amide bonds. The van der Waals surface area contributed by atoms with E-state index in [-0.39, 0.29) is 17.4 Å². The summed E-state index contributed by atoms with van der Waals surface area (Å²) in [5.74, 6) is 2.16. The zero-order valence-electron chi connectivity index (χ0n) is 21.1. The lowest BCUT2D eigenvalue weighted by molar-refractivity contribution is -0.000498. The summed E-state index contributed by atoms with van der Waals surface area (Å²) in [7, 11) is 6.20. The lowest BCUT2D eigenvalue weighted by Crippen LogP contribution is -2.48. The first kappa shape index (κ1) is 23.8. The third-order valence-electron chi connectivity index (χ3n) is 7.44. The smallest absolute Gasteiger partial charge is 0.123 e. The zero-order chi connectivity index (χ0) is 23.8. The molecule has 4 heteroatoms. The van der Waals surface area contributed by atoms with Gasteiger partial charge in [-0.1, -0.05) is 35.9 Å². The molecule has 4 nitrogen and oxygen atoms in total. The van der Waals surface area contributed by atoms with Gasteiger partial charge in [-0.2, -0.15) is 0 Å². The Labute approximate surface area is 199 Å². The molecule has 2 aromatic carbocycles. The highest BCUT2D eigenvalue weighted by Crippen LogP contribution is 2.56. The first-order chi connectivity index (χ1) is 15.7. The zero-order valence-corrected chi connectivity index (χ0v) is 21.1. The van der Waals surface area contributed by atoms with Gasteiger partial charge >= 0.3 is 0 Å². The van der Waals surface area contributed by atoms with E-state index in [1.165, 1.54) is 22.3 Å². The normalized spacial score (nSPS) is 23.5. The van der Waals surface area contributed by atoms with Crippen molar-refractivity contribution in [2.75, 3.05) is 34.2 Å². The van der Waals surface area contributed by atoms with E-state index in [9.17, 15) is 5.11 Å². The summed E-state index contributed by atoms with van der Waals surface area (Å²) in [6.45, 7) is 8.64. The molecule has 178 valence electrons. The summed E-state index contributed by atoms with van der Waals surface area (Å²) in [6, 6.07) is 12.9. The molecule has 2 N–H and O–H groups in total. The number of rotatable bonds is 7. The molecule has 0 spiro atoms. The topological polar surface area (TPSA) is 44.7 Å². The molecule has 3 atom stereocenters. The quantitative estimate of drug-likeness (QED) is 0.567. The SMILES string of the molecule is CNCCc1ccc2c(c1)[C@@H]1CC(C)=CC(c3cc(CCN(C)C)ccc3O)[C@H]1C(C)(C)O2. The number of allylic oxidation sites excluding steroid dienone is 2. The van der Waals surface area contributed by atoms with Crippen LogP contribution >= 0.6 is 0 Å². The number of benzene rings is 2. The predicted octanol–water partition coefficient (Wildman–Crippen LogP) is 5.26. The maximum atomic E-state index is 11.0. The van der Waals surface area contributed by atoms with Gasteiger partial charge in [0.15, 0.2) is 0 Å². The van der Waals surface area contributed by atoms with E-state index in [1.54, 1.807) is 0 Å². The van der Waals surface area contributed by atoms with Crippen LogP contribution in [0.1, 0.15) is 61.3 Å². The van der Waals surface area contributed by atoms with Gasteiger partial charge in [-0.05, 0) is 102 Å². The van der Waals surface area contributed by atoms with Gasteiger partial charge in [0.05, 0.1) is 0 Å². The fourth-order valence-corrected chi connectivity index (χ4v) is 5.84. The number of phenols is 1. The van der Waals surface area contributed by atoms with Crippen molar-refractivity contribution in [3.05, 3.63) is 70.3 Å². The number of aromatic hydroxyl groups is 1. The van der Waals surface area contributed by atoms with E-state index in [4.69, 9.17) is 4.74 Å². The van der Waals surface area contributed by atoms with Crippen LogP contribution in [0.2, 0.25) is 0 Å². The summed E-state index contributed by atoms with van der Waals surface area (Å²) >= 11 is 0. The Morgan fingerprint density at radius 3 is 2.48 bits per heavy atom. The Morgan fingerprint density at radius 2 is 1.76 bits per heavy atom. The van der Waals surface area contributed by atoms with Crippen LogP contribution in [0, 0.1) is 5.92 Å². The van der Waals surface area contributed by atoms with Gasteiger partial charge in [-0.15, -0.1) is 0 Å². The highest BCUT2D eigenvalue weighted by atomic mass is 16.5. The molecule has 0 bridgehead atoms. The lowest BCUT2D eigenvalue weighted by Gasteiger charge is -2.50. The number of ether oxygens (including phenoxy) is 1. The Hall–Kier alpha value is -2.30. The van der Waals surface area contributed by atoms with E-state index in [0.717, 1.165) is 43.7 Å². The molecule has 1 unspecified atom stereocenters. The average Bonchev–Trinajstić information content (AvgIpc) is 2.76. The minimum atomic E-state index is -0.335. The molecule has 4 rings (SSSR count). The van der Waals surface area contributed by atoms with Gasteiger partial charge < -0.3 is 20.1 Å². The maximum Gasteiger partial charge on any atom is 0.123 e.